The number of benzene rings is 2. The Labute approximate surface area is 170 Å². The molecule has 0 aliphatic carbocycles. The van der Waals surface area contributed by atoms with Crippen LogP contribution < -0.4 is 10.9 Å². The smallest absolute Gasteiger partial charge is 0.272 e. The van der Waals surface area contributed by atoms with Crippen molar-refractivity contribution in [2.24, 2.45) is 7.05 Å². The van der Waals surface area contributed by atoms with E-state index in [0.29, 0.717) is 29.2 Å². The van der Waals surface area contributed by atoms with Crippen LogP contribution in [0.4, 0.5) is 10.1 Å². The summed E-state index contributed by atoms with van der Waals surface area (Å²) in [6, 6.07) is 10.3. The third-order valence-corrected chi connectivity index (χ3v) is 5.50. The number of methoxy groups -OCH3 is 1. The van der Waals surface area contributed by atoms with Gasteiger partial charge in [0.15, 0.2) is 0 Å². The van der Waals surface area contributed by atoms with E-state index < -0.39 is 11.4 Å². The van der Waals surface area contributed by atoms with Gasteiger partial charge in [-0.2, -0.15) is 10.2 Å². The summed E-state index contributed by atoms with van der Waals surface area (Å²) < 4.78 is 21.2. The number of aryl methyl sites for hydroxylation is 1. The quantitative estimate of drug-likeness (QED) is 0.541. The molecule has 1 aliphatic heterocycles. The van der Waals surface area contributed by atoms with E-state index in [0.717, 1.165) is 11.1 Å². The van der Waals surface area contributed by atoms with Crippen molar-refractivity contribution in [3.8, 4) is 0 Å². The zero-order chi connectivity index (χ0) is 20.8. The maximum absolute atomic E-state index is 14.3. The Morgan fingerprint density at radius 1 is 1.23 bits per heavy atom. The van der Waals surface area contributed by atoms with Gasteiger partial charge in [-0.3, -0.25) is 9.48 Å². The summed E-state index contributed by atoms with van der Waals surface area (Å²) in [6.45, 7) is 0.515. The molecule has 2 aromatic carbocycles. The zero-order valence-corrected chi connectivity index (χ0v) is 16.4. The molecule has 2 unspecified atom stereocenters. The molecule has 3 heterocycles. The molecule has 0 spiro atoms. The van der Waals surface area contributed by atoms with Crippen LogP contribution in [0.3, 0.4) is 0 Å². The van der Waals surface area contributed by atoms with Crippen molar-refractivity contribution in [2.45, 2.75) is 18.6 Å². The van der Waals surface area contributed by atoms with Crippen LogP contribution >= 0.6 is 0 Å². The molecule has 2 N–H and O–H groups in total. The average molecular weight is 406 g/mol. The topological polar surface area (TPSA) is 97.7 Å². The number of hydrogen-bond donors (Lipinski definition) is 2. The summed E-state index contributed by atoms with van der Waals surface area (Å²) in [7, 11) is 3.46. The third-order valence-electron chi connectivity index (χ3n) is 5.50. The van der Waals surface area contributed by atoms with Gasteiger partial charge in [-0.15, -0.1) is 0 Å². The van der Waals surface area contributed by atoms with E-state index in [1.165, 1.54) is 18.5 Å². The fraction of sp³-hybridized carbons (Fsp3) is 0.238. The Hall–Kier alpha value is -3.59. The zero-order valence-electron chi connectivity index (χ0n) is 16.4. The minimum Gasteiger partial charge on any atom is -0.380 e. The monoisotopic (exact) mass is 406 g/mol. The van der Waals surface area contributed by atoms with Gasteiger partial charge in [-0.1, -0.05) is 24.3 Å². The second-order valence-corrected chi connectivity index (χ2v) is 7.33. The highest BCUT2D eigenvalue weighted by molar-refractivity contribution is 5.97. The molecule has 0 saturated carbocycles. The van der Waals surface area contributed by atoms with E-state index in [2.05, 4.69) is 25.6 Å². The number of rotatable bonds is 4. The van der Waals surface area contributed by atoms with Crippen LogP contribution in [0.25, 0.3) is 10.8 Å². The summed E-state index contributed by atoms with van der Waals surface area (Å²) in [6.07, 6.45) is 1.48. The van der Waals surface area contributed by atoms with E-state index in [1.54, 1.807) is 11.8 Å². The number of aromatic nitrogens is 5. The van der Waals surface area contributed by atoms with Gasteiger partial charge in [0.2, 0.25) is 0 Å². The number of hydrogen-bond acceptors (Lipinski definition) is 6. The molecule has 2 atom stereocenters. The lowest BCUT2D eigenvalue weighted by Crippen LogP contribution is -2.30. The van der Waals surface area contributed by atoms with Crippen molar-refractivity contribution >= 4 is 16.5 Å². The Morgan fingerprint density at radius 3 is 2.73 bits per heavy atom. The van der Waals surface area contributed by atoms with Crippen LogP contribution in [0.2, 0.25) is 0 Å². The summed E-state index contributed by atoms with van der Waals surface area (Å²) in [5.74, 6) is -0.147. The number of nitrogens with zero attached hydrogens (tertiary/aromatic N) is 4. The molecule has 4 aromatic rings. The van der Waals surface area contributed by atoms with Crippen LogP contribution in [0, 0.1) is 5.82 Å². The average Bonchev–Trinajstić information content (AvgIpc) is 3.16. The lowest BCUT2D eigenvalue weighted by molar-refractivity contribution is 0.185. The predicted octanol–water partition coefficient (Wildman–Crippen LogP) is 2.64. The van der Waals surface area contributed by atoms with Gasteiger partial charge in [-0.25, -0.2) is 14.5 Å². The summed E-state index contributed by atoms with van der Waals surface area (Å²) in [5, 5.41) is 15.4. The van der Waals surface area contributed by atoms with E-state index in [-0.39, 0.29) is 17.3 Å². The molecular formula is C21H19FN6O2. The molecule has 9 heteroatoms. The first-order valence-corrected chi connectivity index (χ1v) is 9.47. The molecule has 152 valence electrons. The Bertz CT molecular complexity index is 1300. The number of aromatic amines is 1. The van der Waals surface area contributed by atoms with Gasteiger partial charge in [0.1, 0.15) is 18.0 Å². The van der Waals surface area contributed by atoms with Crippen LogP contribution in [0.1, 0.15) is 34.6 Å². The van der Waals surface area contributed by atoms with Crippen molar-refractivity contribution < 1.29 is 9.13 Å². The first-order valence-electron chi connectivity index (χ1n) is 9.47. The summed E-state index contributed by atoms with van der Waals surface area (Å²) in [5.41, 5.74) is 2.74. The first kappa shape index (κ1) is 18.4. The highest BCUT2D eigenvalue weighted by atomic mass is 19.1. The Balaban J connectivity index is 1.74. The van der Waals surface area contributed by atoms with Crippen molar-refractivity contribution in [1.82, 2.24) is 25.0 Å². The van der Waals surface area contributed by atoms with E-state index in [1.807, 2.05) is 31.3 Å². The molecule has 30 heavy (non-hydrogen) atoms. The molecule has 0 amide bonds. The Morgan fingerprint density at radius 2 is 2.03 bits per heavy atom. The largest absolute Gasteiger partial charge is 0.380 e. The number of anilines is 1. The summed E-state index contributed by atoms with van der Waals surface area (Å²) in [4.78, 5) is 16.8. The molecular weight excluding hydrogens is 387 g/mol. The van der Waals surface area contributed by atoms with Gasteiger partial charge in [-0.05, 0) is 23.3 Å². The second kappa shape index (κ2) is 7.03. The first-order chi connectivity index (χ1) is 14.6. The second-order valence-electron chi connectivity index (χ2n) is 7.33. The third kappa shape index (κ3) is 2.86. The molecule has 1 aliphatic rings. The van der Waals surface area contributed by atoms with E-state index in [4.69, 9.17) is 4.74 Å². The number of nitrogens with one attached hydrogen (secondary N) is 2. The van der Waals surface area contributed by atoms with Gasteiger partial charge < -0.3 is 10.1 Å². The maximum atomic E-state index is 14.3. The fourth-order valence-electron chi connectivity index (χ4n) is 4.16. The van der Waals surface area contributed by atoms with E-state index in [9.17, 15) is 9.18 Å². The van der Waals surface area contributed by atoms with Crippen molar-refractivity contribution in [3.63, 3.8) is 0 Å². The molecule has 0 fully saturated rings. The van der Waals surface area contributed by atoms with Crippen molar-refractivity contribution in [1.29, 1.82) is 0 Å². The van der Waals surface area contributed by atoms with E-state index >= 15 is 0 Å². The van der Waals surface area contributed by atoms with Gasteiger partial charge >= 0.3 is 0 Å². The highest BCUT2D eigenvalue weighted by Crippen LogP contribution is 2.45. The normalized spacial score (nSPS) is 17.8. The lowest BCUT2D eigenvalue weighted by Gasteiger charge is -2.33. The van der Waals surface area contributed by atoms with Crippen molar-refractivity contribution in [3.05, 3.63) is 81.5 Å². The van der Waals surface area contributed by atoms with Crippen LogP contribution in [0.5, 0.6) is 0 Å². The number of ether oxygens (including phenoxy) is 1. The van der Waals surface area contributed by atoms with Gasteiger partial charge in [0.25, 0.3) is 5.56 Å². The van der Waals surface area contributed by atoms with Crippen molar-refractivity contribution in [2.75, 3.05) is 12.4 Å². The van der Waals surface area contributed by atoms with Crippen LogP contribution in [-0.4, -0.2) is 32.1 Å². The number of halogens is 1. The maximum Gasteiger partial charge on any atom is 0.272 e. The molecule has 0 radical (unpaired) electrons. The summed E-state index contributed by atoms with van der Waals surface area (Å²) >= 11 is 0. The molecule has 8 nitrogen and oxygen atoms in total. The predicted molar refractivity (Wildman–Crippen MR) is 109 cm³/mol. The SMILES string of the molecule is COCc1ccc(C2Nc3cc(F)cc4c(=O)[nH]nc(c34)C2c2ncnn2C)cc1. The molecule has 5 rings (SSSR count). The Kier molecular flexibility index (Phi) is 4.32. The fourth-order valence-corrected chi connectivity index (χ4v) is 4.16. The standard InChI is InChI=1S/C21H19FN6O2/c1-28-20(23-10-24-28)17-18(12-5-3-11(4-6-12)9-30-2)25-15-8-13(22)7-14-16(15)19(17)26-27-21(14)29/h3-8,10,17-18,25H,9H2,1-2H3,(H,27,29). The highest BCUT2D eigenvalue weighted by Gasteiger charge is 2.37. The minimum atomic E-state index is -0.487. The van der Waals surface area contributed by atoms with Crippen LogP contribution in [0.15, 0.2) is 47.5 Å². The van der Waals surface area contributed by atoms with Gasteiger partial charge in [0, 0.05) is 25.2 Å². The molecule has 0 bridgehead atoms. The number of H-pyrrole nitrogens is 1. The molecule has 2 aromatic heterocycles. The van der Waals surface area contributed by atoms with Gasteiger partial charge in [0.05, 0.1) is 29.6 Å². The lowest BCUT2D eigenvalue weighted by atomic mass is 9.83. The minimum absolute atomic E-state index is 0.253. The van der Waals surface area contributed by atoms with Crippen LogP contribution in [-0.2, 0) is 18.4 Å². The molecule has 0 saturated heterocycles.